The van der Waals surface area contributed by atoms with Gasteiger partial charge in [-0.15, -0.1) is 6.42 Å². The third-order valence-corrected chi connectivity index (χ3v) is 3.31. The van der Waals surface area contributed by atoms with Crippen LogP contribution >= 0.6 is 23.2 Å². The maximum atomic E-state index is 12.2. The Kier molecular flexibility index (Phi) is 4.74. The molecule has 0 bridgehead atoms. The predicted octanol–water partition coefficient (Wildman–Crippen LogP) is 4.24. The molecule has 0 saturated heterocycles. The Balaban J connectivity index is 2.26. The van der Waals surface area contributed by atoms with Crippen molar-refractivity contribution in [1.29, 1.82) is 0 Å². The lowest BCUT2D eigenvalue weighted by Gasteiger charge is -2.09. The summed E-state index contributed by atoms with van der Waals surface area (Å²) in [5.74, 6) is 2.50. The summed E-state index contributed by atoms with van der Waals surface area (Å²) in [6.07, 6.45) is 5.32. The van der Waals surface area contributed by atoms with Gasteiger partial charge in [0, 0.05) is 16.8 Å². The lowest BCUT2D eigenvalue weighted by Crippen LogP contribution is -2.12. The number of halogens is 2. The highest BCUT2D eigenvalue weighted by molar-refractivity contribution is 6.37. The maximum absolute atomic E-state index is 12.2. The zero-order chi connectivity index (χ0) is 15.4. The number of hydrogen-bond acceptors (Lipinski definition) is 2. The minimum absolute atomic E-state index is 0.271. The van der Waals surface area contributed by atoms with E-state index in [9.17, 15) is 4.79 Å². The van der Waals surface area contributed by atoms with Gasteiger partial charge in [-0.05, 0) is 30.3 Å². The molecule has 0 aliphatic rings. The summed E-state index contributed by atoms with van der Waals surface area (Å²) < 4.78 is 5.04. The Morgan fingerprint density at radius 3 is 2.48 bits per heavy atom. The van der Waals surface area contributed by atoms with Crippen LogP contribution in [0.3, 0.4) is 0 Å². The summed E-state index contributed by atoms with van der Waals surface area (Å²) in [5, 5.41) is 3.27. The first kappa shape index (κ1) is 15.2. The van der Waals surface area contributed by atoms with Crippen molar-refractivity contribution in [3.8, 4) is 18.1 Å². The molecule has 0 heterocycles. The van der Waals surface area contributed by atoms with Crippen LogP contribution in [0, 0.1) is 12.3 Å². The molecule has 3 nitrogen and oxygen atoms in total. The minimum Gasteiger partial charge on any atom is -0.494 e. The number of carbonyl (C=O) groups excluding carboxylic acids is 1. The van der Waals surface area contributed by atoms with Gasteiger partial charge in [-0.1, -0.05) is 35.2 Å². The summed E-state index contributed by atoms with van der Waals surface area (Å²) in [4.78, 5) is 12.2. The van der Waals surface area contributed by atoms with Crippen molar-refractivity contribution in [3.63, 3.8) is 0 Å². The summed E-state index contributed by atoms with van der Waals surface area (Å²) in [7, 11) is 1.46. The van der Waals surface area contributed by atoms with E-state index in [0.29, 0.717) is 22.6 Å². The number of carbonyl (C=O) groups is 1. The molecule has 0 saturated carbocycles. The van der Waals surface area contributed by atoms with E-state index in [1.165, 1.54) is 19.2 Å². The van der Waals surface area contributed by atoms with Crippen LogP contribution in [-0.4, -0.2) is 13.0 Å². The average Bonchev–Trinajstić information content (AvgIpc) is 2.47. The highest BCUT2D eigenvalue weighted by atomic mass is 35.5. The number of anilines is 1. The number of rotatable bonds is 3. The van der Waals surface area contributed by atoms with Crippen molar-refractivity contribution in [1.82, 2.24) is 0 Å². The molecular weight excluding hydrogens is 309 g/mol. The predicted molar refractivity (Wildman–Crippen MR) is 85.3 cm³/mol. The lowest BCUT2D eigenvalue weighted by molar-refractivity contribution is 0.102. The molecular formula is C16H11Cl2NO2. The Morgan fingerprint density at radius 2 is 1.90 bits per heavy atom. The van der Waals surface area contributed by atoms with Gasteiger partial charge in [0.15, 0.2) is 5.75 Å². The van der Waals surface area contributed by atoms with Crippen LogP contribution in [0.1, 0.15) is 15.9 Å². The zero-order valence-corrected chi connectivity index (χ0v) is 12.6. The first-order valence-electron chi connectivity index (χ1n) is 5.96. The number of terminal acetylenes is 1. The molecule has 1 amide bonds. The normalized spacial score (nSPS) is 9.81. The first-order valence-corrected chi connectivity index (χ1v) is 6.72. The molecule has 0 aliphatic carbocycles. The fourth-order valence-electron chi connectivity index (χ4n) is 1.78. The van der Waals surface area contributed by atoms with E-state index in [-0.39, 0.29) is 16.0 Å². The van der Waals surface area contributed by atoms with Crippen LogP contribution in [0.15, 0.2) is 36.4 Å². The molecule has 0 atom stereocenters. The molecule has 2 rings (SSSR count). The SMILES string of the molecule is C#Cc1cccc(NC(=O)c2cc(Cl)c(OC)c(Cl)c2)c1. The van der Waals surface area contributed by atoms with Gasteiger partial charge in [0.25, 0.3) is 5.91 Å². The highest BCUT2D eigenvalue weighted by Crippen LogP contribution is 2.34. The second-order valence-electron chi connectivity index (χ2n) is 4.15. The molecule has 2 aromatic carbocycles. The molecule has 106 valence electrons. The molecule has 0 unspecified atom stereocenters. The van der Waals surface area contributed by atoms with E-state index >= 15 is 0 Å². The van der Waals surface area contributed by atoms with Gasteiger partial charge in [-0.25, -0.2) is 0 Å². The number of ether oxygens (including phenoxy) is 1. The second-order valence-corrected chi connectivity index (χ2v) is 4.97. The summed E-state index contributed by atoms with van der Waals surface area (Å²) in [5.41, 5.74) is 1.61. The molecule has 21 heavy (non-hydrogen) atoms. The van der Waals surface area contributed by atoms with Crippen molar-refractivity contribution in [3.05, 3.63) is 57.6 Å². The van der Waals surface area contributed by atoms with Gasteiger partial charge in [0.05, 0.1) is 17.2 Å². The van der Waals surface area contributed by atoms with Crippen LogP contribution in [0.4, 0.5) is 5.69 Å². The van der Waals surface area contributed by atoms with Crippen LogP contribution in [0.5, 0.6) is 5.75 Å². The summed E-state index contributed by atoms with van der Waals surface area (Å²) in [6, 6.07) is 9.96. The van der Waals surface area contributed by atoms with E-state index in [1.54, 1.807) is 24.3 Å². The molecule has 0 spiro atoms. The smallest absolute Gasteiger partial charge is 0.255 e. The fourth-order valence-corrected chi connectivity index (χ4v) is 2.42. The van der Waals surface area contributed by atoms with Gasteiger partial charge < -0.3 is 10.1 Å². The van der Waals surface area contributed by atoms with Crippen molar-refractivity contribution >= 4 is 34.8 Å². The number of methoxy groups -OCH3 is 1. The second kappa shape index (κ2) is 6.53. The number of nitrogens with one attached hydrogen (secondary N) is 1. The van der Waals surface area contributed by atoms with Gasteiger partial charge in [0.1, 0.15) is 0 Å². The van der Waals surface area contributed by atoms with Crippen LogP contribution < -0.4 is 10.1 Å². The summed E-state index contributed by atoms with van der Waals surface area (Å²) >= 11 is 12.0. The third kappa shape index (κ3) is 3.49. The number of amides is 1. The quantitative estimate of drug-likeness (QED) is 0.859. The van der Waals surface area contributed by atoms with Crippen molar-refractivity contribution in [2.24, 2.45) is 0 Å². The van der Waals surface area contributed by atoms with Crippen molar-refractivity contribution in [2.75, 3.05) is 12.4 Å². The Morgan fingerprint density at radius 1 is 1.24 bits per heavy atom. The topological polar surface area (TPSA) is 38.3 Å². The first-order chi connectivity index (χ1) is 10.0. The maximum Gasteiger partial charge on any atom is 0.255 e. The van der Waals surface area contributed by atoms with Gasteiger partial charge >= 0.3 is 0 Å². The van der Waals surface area contributed by atoms with Gasteiger partial charge in [-0.2, -0.15) is 0 Å². The van der Waals surface area contributed by atoms with E-state index in [2.05, 4.69) is 11.2 Å². The third-order valence-electron chi connectivity index (χ3n) is 2.75. The largest absolute Gasteiger partial charge is 0.494 e. The van der Waals surface area contributed by atoms with Crippen molar-refractivity contribution < 1.29 is 9.53 Å². The molecule has 0 aromatic heterocycles. The molecule has 0 aliphatic heterocycles. The van der Waals surface area contributed by atoms with Crippen LogP contribution in [-0.2, 0) is 0 Å². The van der Waals surface area contributed by atoms with E-state index in [1.807, 2.05) is 0 Å². The molecule has 0 radical (unpaired) electrons. The molecule has 1 N–H and O–H groups in total. The van der Waals surface area contributed by atoms with E-state index in [4.69, 9.17) is 34.4 Å². The monoisotopic (exact) mass is 319 g/mol. The fraction of sp³-hybridized carbons (Fsp3) is 0.0625. The van der Waals surface area contributed by atoms with Gasteiger partial charge in [-0.3, -0.25) is 4.79 Å². The van der Waals surface area contributed by atoms with E-state index < -0.39 is 0 Å². The molecule has 5 heteroatoms. The lowest BCUT2D eigenvalue weighted by atomic mass is 10.1. The average molecular weight is 320 g/mol. The Labute approximate surface area is 132 Å². The Hall–Kier alpha value is -2.15. The van der Waals surface area contributed by atoms with Crippen molar-refractivity contribution in [2.45, 2.75) is 0 Å². The number of hydrogen-bond donors (Lipinski definition) is 1. The number of benzene rings is 2. The molecule has 0 fully saturated rings. The molecule has 2 aromatic rings. The van der Waals surface area contributed by atoms with Crippen LogP contribution in [0.2, 0.25) is 10.0 Å². The highest BCUT2D eigenvalue weighted by Gasteiger charge is 2.13. The Bertz CT molecular complexity index is 712. The van der Waals surface area contributed by atoms with E-state index in [0.717, 1.165) is 0 Å². The van der Waals surface area contributed by atoms with Crippen LogP contribution in [0.25, 0.3) is 0 Å². The summed E-state index contributed by atoms with van der Waals surface area (Å²) in [6.45, 7) is 0. The zero-order valence-electron chi connectivity index (χ0n) is 11.1. The van der Waals surface area contributed by atoms with Gasteiger partial charge in [0.2, 0.25) is 0 Å². The standard InChI is InChI=1S/C16H11Cl2NO2/c1-3-10-5-4-6-12(7-10)19-16(20)11-8-13(17)15(21-2)14(18)9-11/h1,4-9H,2H3,(H,19,20). The minimum atomic E-state index is -0.337.